The predicted octanol–water partition coefficient (Wildman–Crippen LogP) is 4.43. The van der Waals surface area contributed by atoms with Crippen molar-refractivity contribution in [1.82, 2.24) is 5.32 Å². The molecule has 0 saturated carbocycles. The summed E-state index contributed by atoms with van der Waals surface area (Å²) >= 11 is 12.1. The Kier molecular flexibility index (Phi) is 8.85. The average Bonchev–Trinajstić information content (AvgIpc) is 2.71. The summed E-state index contributed by atoms with van der Waals surface area (Å²) in [5.74, 6) is 0.974. The topological polar surface area (TPSA) is 84.9 Å². The molecule has 31 heavy (non-hydrogen) atoms. The fourth-order valence-corrected chi connectivity index (χ4v) is 4.45. The van der Waals surface area contributed by atoms with E-state index in [-0.39, 0.29) is 35.6 Å². The minimum atomic E-state index is -3.60. The first-order chi connectivity index (χ1) is 14.6. The largest absolute Gasteiger partial charge is 0.493 e. The van der Waals surface area contributed by atoms with E-state index in [1.165, 1.54) is 12.1 Å². The molecule has 2 aromatic carbocycles. The molecule has 0 aliphatic rings. The Morgan fingerprint density at radius 2 is 1.77 bits per heavy atom. The molecule has 0 aromatic heterocycles. The van der Waals surface area contributed by atoms with Crippen LogP contribution in [0.1, 0.15) is 31.4 Å². The third kappa shape index (κ3) is 6.92. The van der Waals surface area contributed by atoms with Crippen LogP contribution in [0.4, 0.5) is 5.69 Å². The number of nitrogens with zero attached hydrogens (tertiary/aromatic N) is 1. The molecule has 0 saturated heterocycles. The van der Waals surface area contributed by atoms with E-state index in [4.69, 9.17) is 32.7 Å². The fraction of sp³-hybridized carbons (Fsp3) is 0.381. The lowest BCUT2D eigenvalue weighted by Gasteiger charge is -2.24. The van der Waals surface area contributed by atoms with Gasteiger partial charge in [-0.05, 0) is 49.2 Å². The Bertz CT molecular complexity index is 1030. The van der Waals surface area contributed by atoms with E-state index in [0.29, 0.717) is 22.9 Å². The third-order valence-electron chi connectivity index (χ3n) is 4.63. The van der Waals surface area contributed by atoms with Gasteiger partial charge in [0.2, 0.25) is 15.9 Å². The van der Waals surface area contributed by atoms with Crippen LogP contribution >= 0.6 is 23.2 Å². The number of sulfonamides is 1. The van der Waals surface area contributed by atoms with Gasteiger partial charge in [0.25, 0.3) is 0 Å². The van der Waals surface area contributed by atoms with Crippen LogP contribution in [0.3, 0.4) is 0 Å². The second-order valence-electron chi connectivity index (χ2n) is 6.94. The molecule has 0 aliphatic carbocycles. The van der Waals surface area contributed by atoms with Crippen molar-refractivity contribution in [3.63, 3.8) is 0 Å². The molecule has 7 nitrogen and oxygen atoms in total. The maximum atomic E-state index is 12.4. The van der Waals surface area contributed by atoms with Gasteiger partial charge in [-0.2, -0.15) is 0 Å². The molecule has 1 atom stereocenters. The van der Waals surface area contributed by atoms with Crippen LogP contribution in [0.5, 0.6) is 11.5 Å². The monoisotopic (exact) mass is 488 g/mol. The van der Waals surface area contributed by atoms with Crippen LogP contribution < -0.4 is 19.1 Å². The molecule has 1 amide bonds. The minimum Gasteiger partial charge on any atom is -0.493 e. The van der Waals surface area contributed by atoms with Crippen molar-refractivity contribution in [2.24, 2.45) is 0 Å². The highest BCUT2D eigenvalue weighted by Crippen LogP contribution is 2.31. The lowest BCUT2D eigenvalue weighted by atomic mass is 10.1. The van der Waals surface area contributed by atoms with Crippen molar-refractivity contribution >= 4 is 44.8 Å². The number of anilines is 1. The van der Waals surface area contributed by atoms with E-state index in [1.807, 2.05) is 13.0 Å². The number of halogens is 2. The number of carbonyl (C=O) groups excluding carboxylic acids is 1. The maximum absolute atomic E-state index is 12.4. The molecule has 0 spiro atoms. The van der Waals surface area contributed by atoms with Gasteiger partial charge in [-0.25, -0.2) is 8.42 Å². The Morgan fingerprint density at radius 1 is 1.10 bits per heavy atom. The highest BCUT2D eigenvalue weighted by Gasteiger charge is 2.21. The van der Waals surface area contributed by atoms with Crippen molar-refractivity contribution < 1.29 is 22.7 Å². The minimum absolute atomic E-state index is 0.0943. The van der Waals surface area contributed by atoms with Gasteiger partial charge in [0, 0.05) is 18.0 Å². The first-order valence-corrected chi connectivity index (χ1v) is 12.1. The molecule has 0 aliphatic heterocycles. The van der Waals surface area contributed by atoms with Gasteiger partial charge in [0.1, 0.15) is 0 Å². The van der Waals surface area contributed by atoms with E-state index >= 15 is 0 Å². The first-order valence-electron chi connectivity index (χ1n) is 9.51. The normalized spacial score (nSPS) is 12.2. The van der Waals surface area contributed by atoms with Gasteiger partial charge in [0.15, 0.2) is 11.5 Å². The summed E-state index contributed by atoms with van der Waals surface area (Å²) in [7, 11) is -0.502. The second kappa shape index (κ2) is 10.9. The van der Waals surface area contributed by atoms with Crippen LogP contribution in [0.15, 0.2) is 36.4 Å². The molecule has 0 fully saturated rings. The van der Waals surface area contributed by atoms with E-state index in [1.54, 1.807) is 32.4 Å². The van der Waals surface area contributed by atoms with Crippen molar-refractivity contribution in [2.45, 2.75) is 25.8 Å². The van der Waals surface area contributed by atoms with Crippen LogP contribution in [-0.2, 0) is 14.8 Å². The number of benzene rings is 2. The van der Waals surface area contributed by atoms with Gasteiger partial charge in [-0.15, -0.1) is 0 Å². The molecule has 0 radical (unpaired) electrons. The lowest BCUT2D eigenvalue weighted by molar-refractivity contribution is -0.121. The smallest absolute Gasteiger partial charge is 0.232 e. The third-order valence-corrected chi connectivity index (χ3v) is 6.36. The van der Waals surface area contributed by atoms with Gasteiger partial charge in [-0.3, -0.25) is 9.10 Å². The molecule has 10 heteroatoms. The molecular weight excluding hydrogens is 463 g/mol. The lowest BCUT2D eigenvalue weighted by Crippen LogP contribution is -2.32. The number of methoxy groups -OCH3 is 2. The molecular formula is C21H26Cl2N2O5S. The number of ether oxygens (including phenoxy) is 2. The highest BCUT2D eigenvalue weighted by molar-refractivity contribution is 7.92. The van der Waals surface area contributed by atoms with Crippen LogP contribution in [0.2, 0.25) is 10.0 Å². The molecule has 2 aromatic rings. The van der Waals surface area contributed by atoms with E-state index in [0.717, 1.165) is 16.1 Å². The second-order valence-corrected chi connectivity index (χ2v) is 9.69. The van der Waals surface area contributed by atoms with Gasteiger partial charge >= 0.3 is 0 Å². The van der Waals surface area contributed by atoms with Crippen LogP contribution in [0.25, 0.3) is 0 Å². The standard InChI is InChI=1S/C21H26Cl2N2O5S/c1-14(15-7-10-19(29-2)20(12-15)30-3)24-21(26)6-5-11-25(31(4,27)28)18-13-16(22)8-9-17(18)23/h7-10,12-14H,5-6,11H2,1-4H3,(H,24,26)/t14-/m1/s1. The Balaban J connectivity index is 2.00. The SMILES string of the molecule is COc1ccc([C@@H](C)NC(=O)CCCN(c2cc(Cl)ccc2Cl)S(C)(=O)=O)cc1OC. The number of amides is 1. The Morgan fingerprint density at radius 3 is 2.39 bits per heavy atom. The maximum Gasteiger partial charge on any atom is 0.232 e. The number of nitrogens with one attached hydrogen (secondary N) is 1. The molecule has 0 bridgehead atoms. The fourth-order valence-electron chi connectivity index (χ4n) is 3.04. The number of hydrogen-bond acceptors (Lipinski definition) is 5. The van der Waals surface area contributed by atoms with Gasteiger partial charge < -0.3 is 14.8 Å². The summed E-state index contributed by atoms with van der Waals surface area (Å²) in [4.78, 5) is 12.4. The molecule has 1 N–H and O–H groups in total. The summed E-state index contributed by atoms with van der Waals surface area (Å²) in [6.45, 7) is 1.95. The molecule has 170 valence electrons. The predicted molar refractivity (Wildman–Crippen MR) is 124 cm³/mol. The van der Waals surface area contributed by atoms with E-state index in [2.05, 4.69) is 5.32 Å². The Hall–Kier alpha value is -2.16. The molecule has 2 rings (SSSR count). The van der Waals surface area contributed by atoms with Crippen LogP contribution in [-0.4, -0.2) is 41.3 Å². The number of hydrogen-bond donors (Lipinski definition) is 1. The summed E-state index contributed by atoms with van der Waals surface area (Å²) in [6.07, 6.45) is 1.53. The van der Waals surface area contributed by atoms with Crippen LogP contribution in [0, 0.1) is 0 Å². The van der Waals surface area contributed by atoms with E-state index in [9.17, 15) is 13.2 Å². The molecule has 0 heterocycles. The van der Waals surface area contributed by atoms with Crippen molar-refractivity contribution in [3.05, 3.63) is 52.0 Å². The zero-order valence-electron chi connectivity index (χ0n) is 17.8. The highest BCUT2D eigenvalue weighted by atomic mass is 35.5. The van der Waals surface area contributed by atoms with Gasteiger partial charge in [0.05, 0.1) is 37.2 Å². The summed E-state index contributed by atoms with van der Waals surface area (Å²) in [6, 6.07) is 9.77. The average molecular weight is 489 g/mol. The van der Waals surface area contributed by atoms with Crippen molar-refractivity contribution in [2.75, 3.05) is 31.3 Å². The zero-order chi connectivity index (χ0) is 23.2. The van der Waals surface area contributed by atoms with Gasteiger partial charge in [-0.1, -0.05) is 29.3 Å². The Labute approximate surface area is 193 Å². The molecule has 0 unspecified atom stereocenters. The summed E-state index contributed by atoms with van der Waals surface area (Å²) < 4.78 is 36.2. The summed E-state index contributed by atoms with van der Waals surface area (Å²) in [5.41, 5.74) is 1.14. The van der Waals surface area contributed by atoms with E-state index < -0.39 is 10.0 Å². The zero-order valence-corrected chi connectivity index (χ0v) is 20.1. The van der Waals surface area contributed by atoms with Crippen molar-refractivity contribution in [3.8, 4) is 11.5 Å². The summed E-state index contributed by atoms with van der Waals surface area (Å²) in [5, 5.41) is 3.54. The number of rotatable bonds is 10. The quantitative estimate of drug-likeness (QED) is 0.534. The van der Waals surface area contributed by atoms with Crippen molar-refractivity contribution in [1.29, 1.82) is 0 Å². The first kappa shape index (κ1) is 25.1. The number of carbonyl (C=O) groups is 1.